The summed E-state index contributed by atoms with van der Waals surface area (Å²) >= 11 is 0. The molecule has 1 saturated heterocycles. The summed E-state index contributed by atoms with van der Waals surface area (Å²) in [4.78, 5) is 26.2. The van der Waals surface area contributed by atoms with Gasteiger partial charge in [-0.1, -0.05) is 6.07 Å². The highest BCUT2D eigenvalue weighted by atomic mass is 16.2. The number of nitrogens with one attached hydrogen (secondary N) is 2. The van der Waals surface area contributed by atoms with Gasteiger partial charge < -0.3 is 10.6 Å². The highest BCUT2D eigenvalue weighted by Crippen LogP contribution is 2.30. The van der Waals surface area contributed by atoms with E-state index in [0.29, 0.717) is 5.82 Å². The van der Waals surface area contributed by atoms with E-state index in [1.807, 2.05) is 18.2 Å². The van der Waals surface area contributed by atoms with Crippen molar-refractivity contribution in [3.05, 3.63) is 35.7 Å². The molecule has 2 N–H and O–H groups in total. The molecule has 3 heterocycles. The average Bonchev–Trinajstić information content (AvgIpc) is 3.06. The first kappa shape index (κ1) is 16.0. The number of carbonyl (C=O) groups excluding carboxylic acids is 1. The molecule has 1 aliphatic carbocycles. The Hall–Kier alpha value is -2.50. The van der Waals surface area contributed by atoms with Crippen LogP contribution in [0.5, 0.6) is 0 Å². The quantitative estimate of drug-likeness (QED) is 0.899. The van der Waals surface area contributed by atoms with Gasteiger partial charge in [0.1, 0.15) is 17.6 Å². The molecule has 0 spiro atoms. The van der Waals surface area contributed by atoms with Crippen LogP contribution in [0.25, 0.3) is 11.5 Å². The number of piperidine rings is 1. The van der Waals surface area contributed by atoms with Gasteiger partial charge in [0.2, 0.25) is 5.91 Å². The van der Waals surface area contributed by atoms with Gasteiger partial charge in [-0.05, 0) is 58.1 Å². The number of pyridine rings is 1. The predicted octanol–water partition coefficient (Wildman–Crippen LogP) is 2.50. The summed E-state index contributed by atoms with van der Waals surface area (Å²) in [6, 6.07) is 5.48. The molecular formula is C19H23N5O. The Morgan fingerprint density at radius 2 is 2.12 bits per heavy atom. The van der Waals surface area contributed by atoms with Gasteiger partial charge >= 0.3 is 0 Å². The third kappa shape index (κ3) is 3.21. The first-order valence-corrected chi connectivity index (χ1v) is 8.92. The average molecular weight is 337 g/mol. The molecule has 0 unspecified atom stereocenters. The van der Waals surface area contributed by atoms with E-state index in [4.69, 9.17) is 9.97 Å². The number of aromatic nitrogens is 3. The lowest BCUT2D eigenvalue weighted by Crippen LogP contribution is -2.55. The van der Waals surface area contributed by atoms with Gasteiger partial charge in [0.25, 0.3) is 0 Å². The Labute approximate surface area is 147 Å². The molecule has 2 aliphatic rings. The number of fused-ring (bicyclic) bond motifs is 1. The molecular weight excluding hydrogens is 314 g/mol. The summed E-state index contributed by atoms with van der Waals surface area (Å²) in [6.45, 7) is 4.12. The van der Waals surface area contributed by atoms with Crippen molar-refractivity contribution in [2.24, 2.45) is 0 Å². The van der Waals surface area contributed by atoms with Gasteiger partial charge in [0, 0.05) is 23.0 Å². The van der Waals surface area contributed by atoms with E-state index in [-0.39, 0.29) is 17.5 Å². The van der Waals surface area contributed by atoms with Crippen molar-refractivity contribution in [3.63, 3.8) is 0 Å². The first-order chi connectivity index (χ1) is 12.0. The molecule has 2 aromatic heterocycles. The van der Waals surface area contributed by atoms with Gasteiger partial charge in [-0.25, -0.2) is 9.97 Å². The number of carbonyl (C=O) groups is 1. The highest BCUT2D eigenvalue weighted by molar-refractivity contribution is 5.86. The topological polar surface area (TPSA) is 79.8 Å². The largest absolute Gasteiger partial charge is 0.358 e. The predicted molar refractivity (Wildman–Crippen MR) is 96.2 cm³/mol. The molecule has 130 valence electrons. The third-order valence-electron chi connectivity index (χ3n) is 4.97. The molecule has 1 atom stereocenters. The molecule has 1 amide bonds. The number of rotatable bonds is 3. The van der Waals surface area contributed by atoms with Crippen molar-refractivity contribution < 1.29 is 4.79 Å². The van der Waals surface area contributed by atoms with Crippen molar-refractivity contribution >= 4 is 11.7 Å². The maximum absolute atomic E-state index is 12.4. The maximum atomic E-state index is 12.4. The van der Waals surface area contributed by atoms with Crippen LogP contribution in [0, 0.1) is 0 Å². The molecule has 0 saturated carbocycles. The Kier molecular flexibility index (Phi) is 3.90. The second kappa shape index (κ2) is 6.10. The Bertz CT molecular complexity index is 803. The zero-order valence-corrected chi connectivity index (χ0v) is 14.7. The van der Waals surface area contributed by atoms with E-state index < -0.39 is 0 Å². The lowest BCUT2D eigenvalue weighted by atomic mass is 9.90. The van der Waals surface area contributed by atoms with Crippen LogP contribution in [0.4, 0.5) is 5.82 Å². The Balaban J connectivity index is 1.65. The normalized spacial score (nSPS) is 21.5. The van der Waals surface area contributed by atoms with Crippen LogP contribution in [0.3, 0.4) is 0 Å². The fraction of sp³-hybridized carbons (Fsp3) is 0.474. The minimum Gasteiger partial charge on any atom is -0.358 e. The van der Waals surface area contributed by atoms with E-state index in [9.17, 15) is 4.79 Å². The van der Waals surface area contributed by atoms with Crippen molar-refractivity contribution in [2.75, 3.05) is 5.32 Å². The van der Waals surface area contributed by atoms with Crippen molar-refractivity contribution in [2.45, 2.75) is 57.5 Å². The molecule has 0 aromatic carbocycles. The summed E-state index contributed by atoms with van der Waals surface area (Å²) in [5.41, 5.74) is 2.85. The van der Waals surface area contributed by atoms with Crippen molar-refractivity contribution in [1.82, 2.24) is 20.3 Å². The number of amides is 1. The van der Waals surface area contributed by atoms with Crippen molar-refractivity contribution in [3.8, 4) is 11.5 Å². The zero-order valence-electron chi connectivity index (χ0n) is 14.7. The Morgan fingerprint density at radius 3 is 2.88 bits per heavy atom. The minimum atomic E-state index is -0.246. The molecule has 0 bridgehead atoms. The summed E-state index contributed by atoms with van der Waals surface area (Å²) in [6.07, 6.45) is 6.48. The fourth-order valence-corrected chi connectivity index (χ4v) is 3.58. The van der Waals surface area contributed by atoms with Gasteiger partial charge in [-0.15, -0.1) is 0 Å². The summed E-state index contributed by atoms with van der Waals surface area (Å²) < 4.78 is 0. The lowest BCUT2D eigenvalue weighted by molar-refractivity contribution is -0.125. The zero-order chi connectivity index (χ0) is 17.4. The monoisotopic (exact) mass is 337 g/mol. The van der Waals surface area contributed by atoms with Gasteiger partial charge in [-0.3, -0.25) is 9.78 Å². The molecule has 2 aromatic rings. The van der Waals surface area contributed by atoms with Crippen LogP contribution in [0.2, 0.25) is 0 Å². The van der Waals surface area contributed by atoms with E-state index in [1.165, 1.54) is 0 Å². The number of aryl methyl sites for hydroxylation is 1. The standard InChI is InChI=1S/C19H23N5O/c1-19(2)10-9-15(18(25)24-19)22-16-12-6-5-8-13(12)21-17(23-16)14-7-3-4-11-20-14/h3-4,7,11,15H,5-6,8-10H2,1-2H3,(H,24,25)(H,21,22,23)/t15-/m1/s1. The van der Waals surface area contributed by atoms with Crippen LogP contribution in [-0.4, -0.2) is 32.4 Å². The molecule has 4 rings (SSSR count). The Morgan fingerprint density at radius 1 is 1.24 bits per heavy atom. The molecule has 1 fully saturated rings. The van der Waals surface area contributed by atoms with Crippen LogP contribution in [0.15, 0.2) is 24.4 Å². The minimum absolute atomic E-state index is 0.0426. The molecule has 1 aliphatic heterocycles. The summed E-state index contributed by atoms with van der Waals surface area (Å²) in [5, 5.41) is 6.47. The van der Waals surface area contributed by atoms with Crippen molar-refractivity contribution in [1.29, 1.82) is 0 Å². The SMILES string of the molecule is CC1(C)CC[C@@H](Nc2nc(-c3ccccn3)nc3c2CCC3)C(=O)N1. The van der Waals surface area contributed by atoms with Gasteiger partial charge in [-0.2, -0.15) is 0 Å². The number of hydrogen-bond donors (Lipinski definition) is 2. The molecule has 6 heteroatoms. The van der Waals surface area contributed by atoms with E-state index in [1.54, 1.807) is 6.20 Å². The lowest BCUT2D eigenvalue weighted by Gasteiger charge is -2.35. The smallest absolute Gasteiger partial charge is 0.242 e. The van der Waals surface area contributed by atoms with E-state index in [2.05, 4.69) is 29.5 Å². The van der Waals surface area contributed by atoms with Crippen LogP contribution >= 0.6 is 0 Å². The van der Waals surface area contributed by atoms with E-state index in [0.717, 1.165) is 54.9 Å². The number of anilines is 1. The second-order valence-corrected chi connectivity index (χ2v) is 7.50. The van der Waals surface area contributed by atoms with Crippen LogP contribution in [0.1, 0.15) is 44.4 Å². The second-order valence-electron chi connectivity index (χ2n) is 7.50. The van der Waals surface area contributed by atoms with Crippen LogP contribution in [-0.2, 0) is 17.6 Å². The maximum Gasteiger partial charge on any atom is 0.242 e. The molecule has 6 nitrogen and oxygen atoms in total. The first-order valence-electron chi connectivity index (χ1n) is 8.92. The molecule has 25 heavy (non-hydrogen) atoms. The van der Waals surface area contributed by atoms with Gasteiger partial charge in [0.05, 0.1) is 0 Å². The summed E-state index contributed by atoms with van der Waals surface area (Å²) in [7, 11) is 0. The summed E-state index contributed by atoms with van der Waals surface area (Å²) in [5.74, 6) is 1.46. The van der Waals surface area contributed by atoms with Crippen LogP contribution < -0.4 is 10.6 Å². The number of hydrogen-bond acceptors (Lipinski definition) is 5. The highest BCUT2D eigenvalue weighted by Gasteiger charge is 2.33. The number of nitrogens with zero attached hydrogens (tertiary/aromatic N) is 3. The van der Waals surface area contributed by atoms with E-state index >= 15 is 0 Å². The molecule has 0 radical (unpaired) electrons. The third-order valence-corrected chi connectivity index (χ3v) is 4.97. The fourth-order valence-electron chi connectivity index (χ4n) is 3.58. The van der Waals surface area contributed by atoms with Gasteiger partial charge in [0.15, 0.2) is 5.82 Å².